The molecule has 3 rings (SSSR count). The molecule has 1 amide bonds. The zero-order valence-electron chi connectivity index (χ0n) is 15.1. The smallest absolute Gasteiger partial charge is 0.220 e. The van der Waals surface area contributed by atoms with E-state index < -0.39 is 0 Å². The van der Waals surface area contributed by atoms with Gasteiger partial charge in [-0.1, -0.05) is 12.1 Å². The standard InChI is InChI=1S/C20H31N3O/c1-16(21-20(24)15-17-9-13-22(2)14-10-17)18-5-7-19(8-6-18)23-11-3-4-12-23/h5-8,16-17H,3-4,9-15H2,1-2H3,(H,21,24)/t16-/m1/s1. The van der Waals surface area contributed by atoms with Crippen LogP contribution < -0.4 is 10.2 Å². The normalized spacial score (nSPS) is 21.0. The summed E-state index contributed by atoms with van der Waals surface area (Å²) in [6.07, 6.45) is 5.55. The highest BCUT2D eigenvalue weighted by atomic mass is 16.1. The van der Waals surface area contributed by atoms with Gasteiger partial charge in [-0.05, 0) is 76.4 Å². The lowest BCUT2D eigenvalue weighted by Crippen LogP contribution is -2.34. The molecule has 2 fully saturated rings. The van der Waals surface area contributed by atoms with Gasteiger partial charge < -0.3 is 15.1 Å². The van der Waals surface area contributed by atoms with Gasteiger partial charge in [0, 0.05) is 25.2 Å². The third-order valence-electron chi connectivity index (χ3n) is 5.55. The molecule has 1 aromatic rings. The number of anilines is 1. The van der Waals surface area contributed by atoms with E-state index in [1.165, 1.54) is 37.2 Å². The molecule has 24 heavy (non-hydrogen) atoms. The number of piperidine rings is 1. The van der Waals surface area contributed by atoms with E-state index in [0.717, 1.165) is 25.9 Å². The van der Waals surface area contributed by atoms with Crippen LogP contribution in [0.2, 0.25) is 0 Å². The minimum atomic E-state index is 0.0800. The molecule has 0 radical (unpaired) electrons. The van der Waals surface area contributed by atoms with Crippen LogP contribution in [0.15, 0.2) is 24.3 Å². The predicted octanol–water partition coefficient (Wildman–Crippen LogP) is 3.20. The number of rotatable bonds is 5. The van der Waals surface area contributed by atoms with Gasteiger partial charge in [-0.2, -0.15) is 0 Å². The lowest BCUT2D eigenvalue weighted by Gasteiger charge is -2.28. The average molecular weight is 329 g/mol. The predicted molar refractivity (Wildman–Crippen MR) is 99.3 cm³/mol. The van der Waals surface area contributed by atoms with Crippen LogP contribution in [0.5, 0.6) is 0 Å². The molecular weight excluding hydrogens is 298 g/mol. The molecule has 2 heterocycles. The van der Waals surface area contributed by atoms with Crippen LogP contribution in [0, 0.1) is 5.92 Å². The molecule has 1 aromatic carbocycles. The number of carbonyl (C=O) groups excluding carboxylic acids is 1. The van der Waals surface area contributed by atoms with Gasteiger partial charge in [0.1, 0.15) is 0 Å². The molecule has 2 aliphatic heterocycles. The summed E-state index contributed by atoms with van der Waals surface area (Å²) in [5.74, 6) is 0.742. The largest absolute Gasteiger partial charge is 0.372 e. The fraction of sp³-hybridized carbons (Fsp3) is 0.650. The lowest BCUT2D eigenvalue weighted by molar-refractivity contribution is -0.123. The molecule has 2 aliphatic rings. The molecule has 4 heteroatoms. The van der Waals surface area contributed by atoms with Crippen LogP contribution in [0.1, 0.15) is 50.6 Å². The van der Waals surface area contributed by atoms with Gasteiger partial charge >= 0.3 is 0 Å². The Balaban J connectivity index is 1.48. The quantitative estimate of drug-likeness (QED) is 0.901. The molecule has 1 atom stereocenters. The lowest BCUT2D eigenvalue weighted by atomic mass is 9.93. The molecular formula is C20H31N3O. The second kappa shape index (κ2) is 8.02. The monoisotopic (exact) mass is 329 g/mol. The van der Waals surface area contributed by atoms with E-state index in [-0.39, 0.29) is 11.9 Å². The van der Waals surface area contributed by atoms with E-state index in [0.29, 0.717) is 12.3 Å². The molecule has 0 bridgehead atoms. The Labute approximate surface area is 146 Å². The second-order valence-corrected chi connectivity index (χ2v) is 7.53. The van der Waals surface area contributed by atoms with E-state index in [2.05, 4.69) is 53.4 Å². The Morgan fingerprint density at radius 1 is 1.12 bits per heavy atom. The van der Waals surface area contributed by atoms with Gasteiger partial charge in [0.25, 0.3) is 0 Å². The van der Waals surface area contributed by atoms with E-state index in [1.54, 1.807) is 0 Å². The highest BCUT2D eigenvalue weighted by Gasteiger charge is 2.20. The molecule has 2 saturated heterocycles. The summed E-state index contributed by atoms with van der Waals surface area (Å²) in [7, 11) is 2.16. The third-order valence-corrected chi connectivity index (χ3v) is 5.55. The van der Waals surface area contributed by atoms with Crippen molar-refractivity contribution < 1.29 is 4.79 Å². The van der Waals surface area contributed by atoms with Crippen molar-refractivity contribution in [1.82, 2.24) is 10.2 Å². The minimum absolute atomic E-state index is 0.0800. The molecule has 0 aliphatic carbocycles. The Morgan fingerprint density at radius 3 is 2.38 bits per heavy atom. The molecule has 0 unspecified atom stereocenters. The number of benzene rings is 1. The van der Waals surface area contributed by atoms with Crippen LogP contribution in [0.3, 0.4) is 0 Å². The summed E-state index contributed by atoms with van der Waals surface area (Å²) in [5.41, 5.74) is 2.50. The van der Waals surface area contributed by atoms with E-state index in [9.17, 15) is 4.79 Å². The SMILES string of the molecule is C[C@@H](NC(=O)CC1CCN(C)CC1)c1ccc(N2CCCC2)cc1. The number of carbonyl (C=O) groups is 1. The van der Waals surface area contributed by atoms with Crippen molar-refractivity contribution in [3.63, 3.8) is 0 Å². The van der Waals surface area contributed by atoms with Crippen molar-refractivity contribution in [3.8, 4) is 0 Å². The number of amides is 1. The van der Waals surface area contributed by atoms with Crippen molar-refractivity contribution >= 4 is 11.6 Å². The maximum absolute atomic E-state index is 12.3. The number of hydrogen-bond acceptors (Lipinski definition) is 3. The fourth-order valence-electron chi connectivity index (χ4n) is 3.86. The van der Waals surface area contributed by atoms with Crippen molar-refractivity contribution in [2.45, 2.75) is 45.1 Å². The van der Waals surface area contributed by atoms with Gasteiger partial charge in [0.2, 0.25) is 5.91 Å². The van der Waals surface area contributed by atoms with Gasteiger partial charge in [-0.15, -0.1) is 0 Å². The van der Waals surface area contributed by atoms with E-state index in [1.807, 2.05) is 0 Å². The maximum Gasteiger partial charge on any atom is 0.220 e. The number of likely N-dealkylation sites (tertiary alicyclic amines) is 1. The van der Waals surface area contributed by atoms with Crippen molar-refractivity contribution in [1.29, 1.82) is 0 Å². The Kier molecular flexibility index (Phi) is 5.77. The first-order valence-corrected chi connectivity index (χ1v) is 9.44. The zero-order valence-corrected chi connectivity index (χ0v) is 15.1. The third kappa shape index (κ3) is 4.50. The fourth-order valence-corrected chi connectivity index (χ4v) is 3.86. The number of nitrogens with one attached hydrogen (secondary N) is 1. The van der Waals surface area contributed by atoms with Crippen LogP contribution in [-0.4, -0.2) is 44.0 Å². The van der Waals surface area contributed by atoms with Gasteiger partial charge in [-0.25, -0.2) is 0 Å². The summed E-state index contributed by atoms with van der Waals surface area (Å²) in [6, 6.07) is 8.79. The molecule has 1 N–H and O–H groups in total. The van der Waals surface area contributed by atoms with Crippen LogP contribution in [-0.2, 0) is 4.79 Å². The molecule has 0 saturated carbocycles. The average Bonchev–Trinajstić information content (AvgIpc) is 3.11. The molecule has 132 valence electrons. The van der Waals surface area contributed by atoms with Crippen LogP contribution >= 0.6 is 0 Å². The first-order valence-electron chi connectivity index (χ1n) is 9.44. The summed E-state index contributed by atoms with van der Waals surface area (Å²) >= 11 is 0. The van der Waals surface area contributed by atoms with Gasteiger partial charge in [0.05, 0.1) is 6.04 Å². The first kappa shape index (κ1) is 17.3. The van der Waals surface area contributed by atoms with Gasteiger partial charge in [-0.3, -0.25) is 4.79 Å². The summed E-state index contributed by atoms with van der Waals surface area (Å²) in [6.45, 7) is 6.65. The Bertz CT molecular complexity index is 528. The topological polar surface area (TPSA) is 35.6 Å². The van der Waals surface area contributed by atoms with Crippen LogP contribution in [0.25, 0.3) is 0 Å². The van der Waals surface area contributed by atoms with Crippen LogP contribution in [0.4, 0.5) is 5.69 Å². The minimum Gasteiger partial charge on any atom is -0.372 e. The number of nitrogens with zero attached hydrogens (tertiary/aromatic N) is 2. The van der Waals surface area contributed by atoms with Crippen molar-refractivity contribution in [3.05, 3.63) is 29.8 Å². The maximum atomic E-state index is 12.3. The van der Waals surface area contributed by atoms with E-state index >= 15 is 0 Å². The van der Waals surface area contributed by atoms with Gasteiger partial charge in [0.15, 0.2) is 0 Å². The first-order chi connectivity index (χ1) is 11.6. The van der Waals surface area contributed by atoms with Crippen molar-refractivity contribution in [2.75, 3.05) is 38.1 Å². The van der Waals surface area contributed by atoms with Crippen molar-refractivity contribution in [2.24, 2.45) is 5.92 Å². The summed E-state index contributed by atoms with van der Waals surface area (Å²) in [4.78, 5) is 17.1. The second-order valence-electron chi connectivity index (χ2n) is 7.53. The summed E-state index contributed by atoms with van der Waals surface area (Å²) in [5, 5.41) is 3.18. The van der Waals surface area contributed by atoms with E-state index in [4.69, 9.17) is 0 Å². The highest BCUT2D eigenvalue weighted by Crippen LogP contribution is 2.23. The summed E-state index contributed by atoms with van der Waals surface area (Å²) < 4.78 is 0. The molecule has 4 nitrogen and oxygen atoms in total. The Hall–Kier alpha value is -1.55. The number of hydrogen-bond donors (Lipinski definition) is 1. The highest BCUT2D eigenvalue weighted by molar-refractivity contribution is 5.76. The zero-order chi connectivity index (χ0) is 16.9. The molecule has 0 spiro atoms. The molecule has 0 aromatic heterocycles. The Morgan fingerprint density at radius 2 is 1.75 bits per heavy atom.